The molecule has 4 heteroatoms. The van der Waals surface area contributed by atoms with Crippen LogP contribution >= 0.6 is 0 Å². The quantitative estimate of drug-likeness (QED) is 0.692. The SMILES string of the molecule is CNC1N(CCC(C)C)c2ccccc2C1(NC)NC. The van der Waals surface area contributed by atoms with E-state index < -0.39 is 0 Å². The van der Waals surface area contributed by atoms with Crippen molar-refractivity contribution in [2.45, 2.75) is 32.1 Å². The fourth-order valence-electron chi connectivity index (χ4n) is 3.26. The summed E-state index contributed by atoms with van der Waals surface area (Å²) in [6.45, 7) is 5.62. The summed E-state index contributed by atoms with van der Waals surface area (Å²) < 4.78 is 0. The third kappa shape index (κ3) is 2.32. The molecular formula is C16H28N4. The fourth-order valence-corrected chi connectivity index (χ4v) is 3.26. The first-order valence-corrected chi connectivity index (χ1v) is 7.52. The number of hydrogen-bond donors (Lipinski definition) is 3. The molecule has 1 aliphatic rings. The third-order valence-electron chi connectivity index (χ3n) is 4.37. The van der Waals surface area contributed by atoms with Gasteiger partial charge in [-0.3, -0.25) is 16.0 Å². The van der Waals surface area contributed by atoms with E-state index in [4.69, 9.17) is 0 Å². The molecule has 3 N–H and O–H groups in total. The van der Waals surface area contributed by atoms with E-state index in [2.05, 4.69) is 59.0 Å². The smallest absolute Gasteiger partial charge is 0.131 e. The Bertz CT molecular complexity index is 440. The predicted molar refractivity (Wildman–Crippen MR) is 85.9 cm³/mol. The molecule has 1 atom stereocenters. The molecule has 0 bridgehead atoms. The number of likely N-dealkylation sites (N-methyl/N-ethyl adjacent to an activating group) is 3. The summed E-state index contributed by atoms with van der Waals surface area (Å²) in [6.07, 6.45) is 1.39. The van der Waals surface area contributed by atoms with Crippen LogP contribution in [-0.4, -0.2) is 33.9 Å². The van der Waals surface area contributed by atoms with Crippen molar-refractivity contribution in [2.24, 2.45) is 5.92 Å². The molecule has 0 aromatic heterocycles. The van der Waals surface area contributed by atoms with Gasteiger partial charge in [-0.2, -0.15) is 0 Å². The van der Waals surface area contributed by atoms with Crippen LogP contribution in [0.2, 0.25) is 0 Å². The molecule has 20 heavy (non-hydrogen) atoms. The molecule has 0 saturated heterocycles. The van der Waals surface area contributed by atoms with Gasteiger partial charge in [-0.05, 0) is 39.5 Å². The summed E-state index contributed by atoms with van der Waals surface area (Å²) in [5, 5.41) is 10.5. The molecule has 1 aromatic rings. The van der Waals surface area contributed by atoms with Gasteiger partial charge < -0.3 is 4.90 Å². The molecule has 0 amide bonds. The highest BCUT2D eigenvalue weighted by atomic mass is 15.4. The minimum atomic E-state index is -0.248. The Morgan fingerprint density at radius 1 is 1.15 bits per heavy atom. The lowest BCUT2D eigenvalue weighted by Gasteiger charge is -2.39. The van der Waals surface area contributed by atoms with Gasteiger partial charge in [0, 0.05) is 17.8 Å². The summed E-state index contributed by atoms with van der Waals surface area (Å²) in [5.74, 6) is 0.707. The summed E-state index contributed by atoms with van der Waals surface area (Å²) >= 11 is 0. The van der Waals surface area contributed by atoms with Crippen molar-refractivity contribution in [3.8, 4) is 0 Å². The zero-order chi connectivity index (χ0) is 14.8. The zero-order valence-electron chi connectivity index (χ0n) is 13.3. The first-order chi connectivity index (χ1) is 9.60. The molecule has 0 radical (unpaired) electrons. The van der Waals surface area contributed by atoms with Crippen molar-refractivity contribution >= 4 is 5.69 Å². The van der Waals surface area contributed by atoms with Gasteiger partial charge in [-0.25, -0.2) is 0 Å². The van der Waals surface area contributed by atoms with E-state index in [1.54, 1.807) is 0 Å². The van der Waals surface area contributed by atoms with Crippen LogP contribution in [0.1, 0.15) is 25.8 Å². The number of rotatable bonds is 6. The first-order valence-electron chi connectivity index (χ1n) is 7.52. The highest BCUT2D eigenvalue weighted by molar-refractivity contribution is 5.63. The highest BCUT2D eigenvalue weighted by Crippen LogP contribution is 2.40. The second kappa shape index (κ2) is 6.12. The van der Waals surface area contributed by atoms with Crippen LogP contribution in [0, 0.1) is 5.92 Å². The van der Waals surface area contributed by atoms with Crippen molar-refractivity contribution in [1.29, 1.82) is 0 Å². The van der Waals surface area contributed by atoms with Gasteiger partial charge in [0.1, 0.15) is 11.8 Å². The van der Waals surface area contributed by atoms with Crippen LogP contribution in [0.5, 0.6) is 0 Å². The van der Waals surface area contributed by atoms with Crippen LogP contribution in [0.3, 0.4) is 0 Å². The van der Waals surface area contributed by atoms with Crippen LogP contribution in [0.15, 0.2) is 24.3 Å². The second-order valence-corrected chi connectivity index (χ2v) is 5.89. The van der Waals surface area contributed by atoms with E-state index in [0.29, 0.717) is 5.92 Å². The minimum Gasteiger partial charge on any atom is -0.352 e. The number of benzene rings is 1. The predicted octanol–water partition coefficient (Wildman–Crippen LogP) is 1.69. The van der Waals surface area contributed by atoms with Gasteiger partial charge in [0.25, 0.3) is 0 Å². The molecule has 0 spiro atoms. The largest absolute Gasteiger partial charge is 0.352 e. The number of para-hydroxylation sites is 1. The summed E-state index contributed by atoms with van der Waals surface area (Å²) in [7, 11) is 6.06. The van der Waals surface area contributed by atoms with Gasteiger partial charge in [0.15, 0.2) is 0 Å². The van der Waals surface area contributed by atoms with Crippen molar-refractivity contribution < 1.29 is 0 Å². The molecule has 0 fully saturated rings. The lowest BCUT2D eigenvalue weighted by molar-refractivity contribution is 0.228. The maximum Gasteiger partial charge on any atom is 0.131 e. The van der Waals surface area contributed by atoms with E-state index in [-0.39, 0.29) is 11.8 Å². The molecule has 1 aliphatic heterocycles. The normalized spacial score (nSPS) is 20.5. The van der Waals surface area contributed by atoms with Gasteiger partial charge >= 0.3 is 0 Å². The maximum absolute atomic E-state index is 3.49. The standard InChI is InChI=1S/C16H28N4/c1-12(2)10-11-20-14-9-7-6-8-13(14)16(18-4,19-5)15(20)17-3/h6-9,12,15,17-19H,10-11H2,1-5H3. The highest BCUT2D eigenvalue weighted by Gasteiger charge is 2.48. The second-order valence-electron chi connectivity index (χ2n) is 5.89. The monoisotopic (exact) mass is 276 g/mol. The van der Waals surface area contributed by atoms with Crippen molar-refractivity contribution in [2.75, 3.05) is 32.6 Å². The summed E-state index contributed by atoms with van der Waals surface area (Å²) in [4.78, 5) is 2.47. The average Bonchev–Trinajstić information content (AvgIpc) is 2.74. The minimum absolute atomic E-state index is 0.202. The molecule has 1 unspecified atom stereocenters. The number of anilines is 1. The van der Waals surface area contributed by atoms with Gasteiger partial charge in [-0.1, -0.05) is 32.0 Å². The van der Waals surface area contributed by atoms with Crippen molar-refractivity contribution in [1.82, 2.24) is 16.0 Å². The average molecular weight is 276 g/mol. The van der Waals surface area contributed by atoms with Gasteiger partial charge in [-0.15, -0.1) is 0 Å². The van der Waals surface area contributed by atoms with Gasteiger partial charge in [0.2, 0.25) is 0 Å². The Kier molecular flexibility index (Phi) is 4.68. The molecule has 0 saturated carbocycles. The number of nitrogens with one attached hydrogen (secondary N) is 3. The molecule has 1 aromatic carbocycles. The maximum atomic E-state index is 3.49. The zero-order valence-corrected chi connectivity index (χ0v) is 13.3. The Labute approximate surface area is 122 Å². The van der Waals surface area contributed by atoms with Crippen LogP contribution < -0.4 is 20.9 Å². The summed E-state index contributed by atoms with van der Waals surface area (Å²) in [6, 6.07) is 8.66. The van der Waals surface area contributed by atoms with E-state index in [9.17, 15) is 0 Å². The van der Waals surface area contributed by atoms with Crippen molar-refractivity contribution in [3.63, 3.8) is 0 Å². The van der Waals surface area contributed by atoms with Crippen molar-refractivity contribution in [3.05, 3.63) is 29.8 Å². The Morgan fingerprint density at radius 3 is 2.35 bits per heavy atom. The van der Waals surface area contributed by atoms with Gasteiger partial charge in [0.05, 0.1) is 0 Å². The molecule has 2 rings (SSSR count). The summed E-state index contributed by atoms with van der Waals surface area (Å²) in [5.41, 5.74) is 2.38. The first kappa shape index (κ1) is 15.3. The molecule has 112 valence electrons. The van der Waals surface area contributed by atoms with E-state index in [1.807, 2.05) is 21.1 Å². The number of hydrogen-bond acceptors (Lipinski definition) is 4. The Morgan fingerprint density at radius 2 is 1.80 bits per heavy atom. The fraction of sp³-hybridized carbons (Fsp3) is 0.625. The Balaban J connectivity index is 2.42. The molecular weight excluding hydrogens is 248 g/mol. The molecule has 1 heterocycles. The molecule has 0 aliphatic carbocycles. The lowest BCUT2D eigenvalue weighted by atomic mass is 9.99. The topological polar surface area (TPSA) is 39.3 Å². The van der Waals surface area contributed by atoms with E-state index in [0.717, 1.165) is 6.54 Å². The molecule has 4 nitrogen and oxygen atoms in total. The van der Waals surface area contributed by atoms with Crippen LogP contribution in [0.25, 0.3) is 0 Å². The number of nitrogens with zero attached hydrogens (tertiary/aromatic N) is 1. The number of fused-ring (bicyclic) bond motifs is 1. The lowest BCUT2D eigenvalue weighted by Crippen LogP contribution is -2.65. The van der Waals surface area contributed by atoms with Crippen LogP contribution in [0.4, 0.5) is 5.69 Å². The third-order valence-corrected chi connectivity index (χ3v) is 4.37. The Hall–Kier alpha value is -1.10. The van der Waals surface area contributed by atoms with E-state index in [1.165, 1.54) is 17.7 Å². The van der Waals surface area contributed by atoms with Crippen LogP contribution in [-0.2, 0) is 5.66 Å². The van der Waals surface area contributed by atoms with E-state index >= 15 is 0 Å².